The van der Waals surface area contributed by atoms with Crippen LogP contribution in [-0.4, -0.2) is 11.6 Å². The Morgan fingerprint density at radius 1 is 0.833 bits per heavy atom. The van der Waals surface area contributed by atoms with Gasteiger partial charge in [0.15, 0.2) is 0 Å². The van der Waals surface area contributed by atoms with Crippen molar-refractivity contribution in [3.63, 3.8) is 0 Å². The quantitative estimate of drug-likeness (QED) is 0.465. The Kier molecular flexibility index (Phi) is 3.00. The first-order valence-corrected chi connectivity index (χ1v) is 2.64. The van der Waals surface area contributed by atoms with E-state index in [2.05, 4.69) is 11.6 Å². The van der Waals surface area contributed by atoms with Crippen molar-refractivity contribution >= 4 is 11.6 Å². The molecular weight excluding hydrogens is 216 g/mol. The minimum atomic E-state index is -5.79. The second kappa shape index (κ2) is 3.12. The van der Waals surface area contributed by atoms with E-state index in [0.717, 1.165) is 0 Å². The molecule has 0 amide bonds. The van der Waals surface area contributed by atoms with Gasteiger partial charge in [0, 0.05) is 0 Å². The third-order valence-electron chi connectivity index (χ3n) is 0.690. The highest BCUT2D eigenvalue weighted by molar-refractivity contribution is 6.23. The Morgan fingerprint density at radius 3 is 1.25 bits per heavy atom. The molecule has 0 aliphatic carbocycles. The van der Waals surface area contributed by atoms with Crippen molar-refractivity contribution in [1.29, 1.82) is 0 Å². The van der Waals surface area contributed by atoms with E-state index in [4.69, 9.17) is 0 Å². The summed E-state index contributed by atoms with van der Waals surface area (Å²) in [7, 11) is 0. The van der Waals surface area contributed by atoms with Gasteiger partial charge in [-0.1, -0.05) is 0 Å². The SMILES string of the molecule is F/C(=C(/F)C(F)(F)Cl)C(F)(F)F. The molecule has 0 aromatic rings. The van der Waals surface area contributed by atoms with Gasteiger partial charge in [-0.3, -0.25) is 0 Å². The number of alkyl halides is 6. The molecule has 0 aromatic carbocycles. The minimum absolute atomic E-state index is 3.34. The van der Waals surface area contributed by atoms with Crippen molar-refractivity contribution in [1.82, 2.24) is 0 Å². The first-order valence-electron chi connectivity index (χ1n) is 2.26. The maximum atomic E-state index is 11.7. The van der Waals surface area contributed by atoms with Gasteiger partial charge in [0.1, 0.15) is 0 Å². The van der Waals surface area contributed by atoms with Crippen LogP contribution in [0.4, 0.5) is 30.7 Å². The zero-order chi connectivity index (χ0) is 10.2. The van der Waals surface area contributed by atoms with Gasteiger partial charge in [0.25, 0.3) is 0 Å². The Hall–Kier alpha value is -0.460. The third-order valence-corrected chi connectivity index (χ3v) is 0.856. The molecule has 0 aliphatic heterocycles. The highest BCUT2D eigenvalue weighted by Crippen LogP contribution is 2.38. The van der Waals surface area contributed by atoms with Gasteiger partial charge in [0.2, 0.25) is 11.7 Å². The molecule has 12 heavy (non-hydrogen) atoms. The summed E-state index contributed by atoms with van der Waals surface area (Å²) >= 11 is 3.78. The molecule has 0 radical (unpaired) electrons. The monoisotopic (exact) mass is 216 g/mol. The van der Waals surface area contributed by atoms with Crippen LogP contribution in [0.3, 0.4) is 0 Å². The van der Waals surface area contributed by atoms with Crippen molar-refractivity contribution < 1.29 is 30.7 Å². The molecule has 0 atom stereocenters. The van der Waals surface area contributed by atoms with Gasteiger partial charge in [-0.2, -0.15) is 26.3 Å². The van der Waals surface area contributed by atoms with E-state index in [-0.39, 0.29) is 0 Å². The van der Waals surface area contributed by atoms with Crippen LogP contribution >= 0.6 is 11.6 Å². The van der Waals surface area contributed by atoms with Crippen molar-refractivity contribution in [2.75, 3.05) is 0 Å². The van der Waals surface area contributed by atoms with E-state index in [0.29, 0.717) is 0 Å². The number of allylic oxidation sites excluding steroid dienone is 2. The molecule has 0 nitrogen and oxygen atoms in total. The predicted molar refractivity (Wildman–Crippen MR) is 26.1 cm³/mol. The molecule has 0 aliphatic rings. The van der Waals surface area contributed by atoms with E-state index in [1.165, 1.54) is 0 Å². The Labute approximate surface area is 66.6 Å². The first-order chi connectivity index (χ1) is 5.07. The molecule has 0 unspecified atom stereocenters. The van der Waals surface area contributed by atoms with E-state index >= 15 is 0 Å². The first kappa shape index (κ1) is 11.5. The fourth-order valence-electron chi connectivity index (χ4n) is 0.249. The van der Waals surface area contributed by atoms with Crippen molar-refractivity contribution in [2.45, 2.75) is 11.6 Å². The van der Waals surface area contributed by atoms with Crippen LogP contribution in [0.15, 0.2) is 11.7 Å². The van der Waals surface area contributed by atoms with Gasteiger partial charge >= 0.3 is 11.6 Å². The van der Waals surface area contributed by atoms with Gasteiger partial charge < -0.3 is 0 Å². The second-order valence-electron chi connectivity index (χ2n) is 1.62. The van der Waals surface area contributed by atoms with E-state index < -0.39 is 23.2 Å². The predicted octanol–water partition coefficient (Wildman–Crippen LogP) is 3.53. The lowest BCUT2D eigenvalue weighted by molar-refractivity contribution is -0.114. The molecule has 72 valence electrons. The van der Waals surface area contributed by atoms with Gasteiger partial charge in [-0.25, -0.2) is 4.39 Å². The molecule has 0 spiro atoms. The molecule has 0 fully saturated rings. The summed E-state index contributed by atoms with van der Waals surface area (Å²) in [5, 5.41) is -4.97. The zero-order valence-electron chi connectivity index (χ0n) is 5.02. The molecule has 8 heteroatoms. The van der Waals surface area contributed by atoms with Crippen LogP contribution < -0.4 is 0 Å². The van der Waals surface area contributed by atoms with Gasteiger partial charge in [0.05, 0.1) is 0 Å². The number of hydrogen-bond donors (Lipinski definition) is 0. The number of hydrogen-bond acceptors (Lipinski definition) is 0. The Morgan fingerprint density at radius 2 is 1.17 bits per heavy atom. The molecule has 0 saturated heterocycles. The lowest BCUT2D eigenvalue weighted by Crippen LogP contribution is -2.16. The maximum absolute atomic E-state index is 11.7. The third kappa shape index (κ3) is 2.88. The molecule has 0 saturated carbocycles. The molecule has 0 bridgehead atoms. The fraction of sp³-hybridized carbons (Fsp3) is 0.500. The summed E-state index contributed by atoms with van der Waals surface area (Å²) < 4.78 is 79.8. The topological polar surface area (TPSA) is 0 Å². The van der Waals surface area contributed by atoms with Crippen molar-refractivity contribution in [3.8, 4) is 0 Å². The lowest BCUT2D eigenvalue weighted by atomic mass is 10.4. The zero-order valence-corrected chi connectivity index (χ0v) is 5.78. The minimum Gasteiger partial charge on any atom is -0.200 e. The van der Waals surface area contributed by atoms with E-state index in [1.807, 2.05) is 0 Å². The van der Waals surface area contributed by atoms with E-state index in [9.17, 15) is 30.7 Å². The summed E-state index contributed by atoms with van der Waals surface area (Å²) in [4.78, 5) is 0. The van der Waals surface area contributed by atoms with Crippen LogP contribution in [0.2, 0.25) is 0 Å². The van der Waals surface area contributed by atoms with Crippen molar-refractivity contribution in [3.05, 3.63) is 11.7 Å². The number of rotatable bonds is 1. The van der Waals surface area contributed by atoms with Crippen molar-refractivity contribution in [2.24, 2.45) is 0 Å². The van der Waals surface area contributed by atoms with Crippen LogP contribution in [0.25, 0.3) is 0 Å². The average Bonchev–Trinajstić information content (AvgIpc) is 1.80. The average molecular weight is 216 g/mol. The normalized spacial score (nSPS) is 16.0. The summed E-state index contributed by atoms with van der Waals surface area (Å²) in [6, 6.07) is 0. The lowest BCUT2D eigenvalue weighted by Gasteiger charge is -2.08. The molecule has 0 rings (SSSR count). The Balaban J connectivity index is 4.96. The highest BCUT2D eigenvalue weighted by Gasteiger charge is 2.46. The summed E-state index contributed by atoms with van der Waals surface area (Å²) in [6.07, 6.45) is -5.79. The smallest absolute Gasteiger partial charge is 0.200 e. The second-order valence-corrected chi connectivity index (χ2v) is 2.10. The maximum Gasteiger partial charge on any atom is 0.445 e. The molecule has 0 N–H and O–H groups in total. The van der Waals surface area contributed by atoms with Crippen LogP contribution in [0.5, 0.6) is 0 Å². The summed E-state index contributed by atoms with van der Waals surface area (Å²) in [5.74, 6) is -6.86. The molecule has 0 aromatic heterocycles. The highest BCUT2D eigenvalue weighted by atomic mass is 35.5. The fourth-order valence-corrected chi connectivity index (χ4v) is 0.332. The number of halogens is 8. The van der Waals surface area contributed by atoms with Gasteiger partial charge in [-0.15, -0.1) is 0 Å². The summed E-state index contributed by atoms with van der Waals surface area (Å²) in [5.41, 5.74) is 0. The van der Waals surface area contributed by atoms with Crippen LogP contribution in [-0.2, 0) is 0 Å². The van der Waals surface area contributed by atoms with Crippen LogP contribution in [0.1, 0.15) is 0 Å². The van der Waals surface area contributed by atoms with Crippen LogP contribution in [0, 0.1) is 0 Å². The Bertz CT molecular complexity index is 174. The molecule has 0 heterocycles. The summed E-state index contributed by atoms with van der Waals surface area (Å²) in [6.45, 7) is 0. The standard InChI is InChI=1S/C4ClF7/c5-3(8,9)1(6)2(7)4(10,11)12/b2-1+. The van der Waals surface area contributed by atoms with E-state index in [1.54, 1.807) is 0 Å². The van der Waals surface area contributed by atoms with Gasteiger partial charge in [-0.05, 0) is 11.6 Å². The molecular formula is C4ClF7. The largest absolute Gasteiger partial charge is 0.445 e.